The van der Waals surface area contributed by atoms with Crippen LogP contribution >= 0.6 is 0 Å². The number of aliphatic hydroxyl groups is 1. The number of aliphatic hydroxyl groups excluding tert-OH is 1. The molecule has 1 amide bonds. The molecule has 0 aliphatic heterocycles. The van der Waals surface area contributed by atoms with Gasteiger partial charge in [-0.05, 0) is 23.8 Å². The average Bonchev–Trinajstić information content (AvgIpc) is 2.66. The lowest BCUT2D eigenvalue weighted by molar-refractivity contribution is -0.129. The third-order valence-electron chi connectivity index (χ3n) is 3.27. The highest BCUT2D eigenvalue weighted by Gasteiger charge is 2.16. The maximum Gasteiger partial charge on any atom is 0.273 e. The lowest BCUT2D eigenvalue weighted by Crippen LogP contribution is -2.25. The van der Waals surface area contributed by atoms with E-state index < -0.39 is 12.0 Å². The zero-order valence-corrected chi connectivity index (χ0v) is 13.7. The third kappa shape index (κ3) is 5.09. The first-order valence-electron chi connectivity index (χ1n) is 7.46. The van der Waals surface area contributed by atoms with Gasteiger partial charge in [0.2, 0.25) is 0 Å². The average molecular weight is 338 g/mol. The summed E-state index contributed by atoms with van der Waals surface area (Å²) < 4.78 is 10.6. The molecule has 2 aromatic rings. The second-order valence-corrected chi connectivity index (χ2v) is 4.94. The van der Waals surface area contributed by atoms with Gasteiger partial charge in [0.1, 0.15) is 18.1 Å². The predicted octanol–water partition coefficient (Wildman–Crippen LogP) is 1.89. The summed E-state index contributed by atoms with van der Waals surface area (Å²) >= 11 is 0. The Morgan fingerprint density at radius 3 is 2.80 bits per heavy atom. The molecule has 0 aliphatic rings. The fourth-order valence-corrected chi connectivity index (χ4v) is 2.02. The van der Waals surface area contributed by atoms with Crippen LogP contribution < -0.4 is 14.9 Å². The van der Waals surface area contributed by atoms with Gasteiger partial charge >= 0.3 is 0 Å². The van der Waals surface area contributed by atoms with Crippen LogP contribution in [0.25, 0.3) is 0 Å². The number of hydrazone groups is 1. The van der Waals surface area contributed by atoms with Crippen LogP contribution in [-0.2, 0) is 4.79 Å². The Kier molecular flexibility index (Phi) is 6.57. The van der Waals surface area contributed by atoms with Crippen molar-refractivity contribution in [2.45, 2.75) is 6.10 Å². The van der Waals surface area contributed by atoms with Crippen LogP contribution in [0.5, 0.6) is 11.5 Å². The monoisotopic (exact) mass is 338 g/mol. The van der Waals surface area contributed by atoms with E-state index in [2.05, 4.69) is 16.4 Å². The van der Waals surface area contributed by atoms with Gasteiger partial charge in [0.15, 0.2) is 6.10 Å². The molecule has 0 fully saturated rings. The molecule has 2 aromatic carbocycles. The highest BCUT2D eigenvalue weighted by atomic mass is 16.5. The molecule has 6 heteroatoms. The molecule has 0 aliphatic carbocycles. The quantitative estimate of drug-likeness (QED) is 0.459. The number of ether oxygens (including phenoxy) is 2. The number of benzene rings is 2. The Bertz CT molecular complexity index is 782. The van der Waals surface area contributed by atoms with Crippen molar-refractivity contribution in [1.82, 2.24) is 5.43 Å². The van der Waals surface area contributed by atoms with E-state index in [4.69, 9.17) is 15.9 Å². The van der Waals surface area contributed by atoms with Crippen molar-refractivity contribution in [1.29, 1.82) is 0 Å². The van der Waals surface area contributed by atoms with Gasteiger partial charge in [-0.1, -0.05) is 36.3 Å². The van der Waals surface area contributed by atoms with Gasteiger partial charge in [-0.15, -0.1) is 6.42 Å². The van der Waals surface area contributed by atoms with Crippen LogP contribution in [0.4, 0.5) is 0 Å². The Hall–Kier alpha value is -3.30. The molecule has 128 valence electrons. The number of amides is 1. The van der Waals surface area contributed by atoms with Crippen molar-refractivity contribution >= 4 is 12.1 Å². The van der Waals surface area contributed by atoms with Gasteiger partial charge in [-0.2, -0.15) is 5.10 Å². The number of carbonyl (C=O) groups is 1. The van der Waals surface area contributed by atoms with Crippen LogP contribution in [0, 0.1) is 12.3 Å². The van der Waals surface area contributed by atoms with Crippen molar-refractivity contribution < 1.29 is 19.4 Å². The van der Waals surface area contributed by atoms with E-state index in [9.17, 15) is 9.90 Å². The van der Waals surface area contributed by atoms with Crippen LogP contribution in [0.2, 0.25) is 0 Å². The predicted molar refractivity (Wildman–Crippen MR) is 94.5 cm³/mol. The first-order valence-corrected chi connectivity index (χ1v) is 7.46. The van der Waals surface area contributed by atoms with E-state index in [-0.39, 0.29) is 6.61 Å². The fraction of sp³-hybridized carbons (Fsp3) is 0.158. The molecular formula is C19H18N2O4. The van der Waals surface area contributed by atoms with Gasteiger partial charge in [0.25, 0.3) is 5.91 Å². The molecule has 0 radical (unpaired) electrons. The number of rotatable bonds is 7. The SMILES string of the molecule is C#CCOc1ccc(OC)cc1/C=N\NC(=O)[C@@H](O)c1ccccc1. The lowest BCUT2D eigenvalue weighted by Gasteiger charge is -2.10. The van der Waals surface area contributed by atoms with Gasteiger partial charge in [-0.3, -0.25) is 4.79 Å². The standard InChI is InChI=1S/C19H18N2O4/c1-3-11-25-17-10-9-16(24-2)12-15(17)13-20-21-19(23)18(22)14-7-5-4-6-8-14/h1,4-10,12-13,18,22H,11H2,2H3,(H,21,23)/b20-13-/t18-/m0/s1. The van der Waals surface area contributed by atoms with Crippen LogP contribution in [0.15, 0.2) is 53.6 Å². The number of carbonyl (C=O) groups excluding carboxylic acids is 1. The van der Waals surface area contributed by atoms with Crippen LogP contribution in [0.3, 0.4) is 0 Å². The normalized spacial score (nSPS) is 11.6. The van der Waals surface area contributed by atoms with Crippen molar-refractivity contribution in [2.75, 3.05) is 13.7 Å². The Balaban J connectivity index is 2.07. The van der Waals surface area contributed by atoms with Gasteiger partial charge < -0.3 is 14.6 Å². The number of methoxy groups -OCH3 is 1. The molecule has 0 unspecified atom stereocenters. The fourth-order valence-electron chi connectivity index (χ4n) is 2.02. The molecule has 0 bridgehead atoms. The molecule has 2 rings (SSSR count). The Morgan fingerprint density at radius 1 is 1.36 bits per heavy atom. The minimum absolute atomic E-state index is 0.103. The third-order valence-corrected chi connectivity index (χ3v) is 3.27. The van der Waals surface area contributed by atoms with E-state index in [0.29, 0.717) is 22.6 Å². The van der Waals surface area contributed by atoms with E-state index >= 15 is 0 Å². The summed E-state index contributed by atoms with van der Waals surface area (Å²) in [5, 5.41) is 13.8. The largest absolute Gasteiger partial charge is 0.497 e. The number of terminal acetylenes is 1. The molecule has 0 spiro atoms. The first kappa shape index (κ1) is 18.0. The van der Waals surface area contributed by atoms with Gasteiger partial charge in [0.05, 0.1) is 13.3 Å². The minimum Gasteiger partial charge on any atom is -0.497 e. The summed E-state index contributed by atoms with van der Waals surface area (Å²) in [7, 11) is 1.54. The van der Waals surface area contributed by atoms with Crippen molar-refractivity contribution in [2.24, 2.45) is 5.10 Å². The summed E-state index contributed by atoms with van der Waals surface area (Å²) in [6.45, 7) is 0.103. The van der Waals surface area contributed by atoms with Crippen LogP contribution in [-0.4, -0.2) is 30.9 Å². The number of hydrogen-bond donors (Lipinski definition) is 2. The van der Waals surface area contributed by atoms with Gasteiger partial charge in [-0.25, -0.2) is 5.43 Å². The molecule has 25 heavy (non-hydrogen) atoms. The summed E-state index contributed by atoms with van der Waals surface area (Å²) in [4.78, 5) is 12.0. The molecule has 0 heterocycles. The smallest absolute Gasteiger partial charge is 0.273 e. The highest BCUT2D eigenvalue weighted by Crippen LogP contribution is 2.22. The number of nitrogens with one attached hydrogen (secondary N) is 1. The van der Waals surface area contributed by atoms with Gasteiger partial charge in [0, 0.05) is 5.56 Å². The maximum atomic E-state index is 12.0. The molecule has 1 atom stereocenters. The lowest BCUT2D eigenvalue weighted by atomic mass is 10.1. The molecule has 0 aromatic heterocycles. The van der Waals surface area contributed by atoms with E-state index in [1.54, 1.807) is 48.5 Å². The first-order chi connectivity index (χ1) is 12.2. The van der Waals surface area contributed by atoms with E-state index in [1.807, 2.05) is 0 Å². The number of hydrogen-bond acceptors (Lipinski definition) is 5. The topological polar surface area (TPSA) is 80.2 Å². The zero-order valence-electron chi connectivity index (χ0n) is 13.7. The van der Waals surface area contributed by atoms with Crippen molar-refractivity contribution in [3.05, 3.63) is 59.7 Å². The summed E-state index contributed by atoms with van der Waals surface area (Å²) in [5.41, 5.74) is 3.35. The van der Waals surface area contributed by atoms with Crippen molar-refractivity contribution in [3.8, 4) is 23.8 Å². The summed E-state index contributed by atoms with van der Waals surface area (Å²) in [5.74, 6) is 2.84. The molecule has 6 nitrogen and oxygen atoms in total. The maximum absolute atomic E-state index is 12.0. The van der Waals surface area contributed by atoms with Crippen molar-refractivity contribution in [3.63, 3.8) is 0 Å². The molecule has 2 N–H and O–H groups in total. The van der Waals surface area contributed by atoms with E-state index in [0.717, 1.165) is 0 Å². The second kappa shape index (κ2) is 9.11. The molecule has 0 saturated heterocycles. The molecule has 0 saturated carbocycles. The second-order valence-electron chi connectivity index (χ2n) is 4.94. The minimum atomic E-state index is -1.30. The zero-order chi connectivity index (χ0) is 18.1. The number of nitrogens with zero attached hydrogens (tertiary/aromatic N) is 1. The van der Waals surface area contributed by atoms with E-state index in [1.165, 1.54) is 13.3 Å². The Labute approximate surface area is 146 Å². The summed E-state index contributed by atoms with van der Waals surface area (Å²) in [6, 6.07) is 13.7. The Morgan fingerprint density at radius 2 is 2.12 bits per heavy atom. The molecular weight excluding hydrogens is 320 g/mol. The summed E-state index contributed by atoms with van der Waals surface area (Å²) in [6.07, 6.45) is 5.28. The van der Waals surface area contributed by atoms with Crippen LogP contribution in [0.1, 0.15) is 17.2 Å². The highest BCUT2D eigenvalue weighted by molar-refractivity contribution is 5.87.